The van der Waals surface area contributed by atoms with Crippen molar-refractivity contribution < 1.29 is 0 Å². The molecule has 4 heteroatoms. The number of rotatable bonds is 5. The lowest BCUT2D eigenvalue weighted by Gasteiger charge is -2.10. The minimum atomic E-state index is 0.806. The van der Waals surface area contributed by atoms with Gasteiger partial charge in [-0.25, -0.2) is 0 Å². The molecular weight excluding hydrogens is 242 g/mol. The van der Waals surface area contributed by atoms with Crippen molar-refractivity contribution in [3.8, 4) is 0 Å². The summed E-state index contributed by atoms with van der Waals surface area (Å²) in [5.41, 5.74) is 9.08. The van der Waals surface area contributed by atoms with Gasteiger partial charge in [-0.2, -0.15) is 11.8 Å². The Morgan fingerprint density at radius 2 is 2.11 bits per heavy atom. The Morgan fingerprint density at radius 3 is 2.89 bits per heavy atom. The number of nitrogens with zero attached hydrogens (tertiary/aromatic N) is 2. The van der Waals surface area contributed by atoms with Crippen LogP contribution in [0.4, 0.5) is 5.69 Å². The Morgan fingerprint density at radius 1 is 1.28 bits per heavy atom. The maximum atomic E-state index is 5.97. The van der Waals surface area contributed by atoms with Gasteiger partial charge in [0.05, 0.1) is 5.52 Å². The molecule has 0 unspecified atom stereocenters. The van der Waals surface area contributed by atoms with Gasteiger partial charge in [0.1, 0.15) is 0 Å². The third-order valence-corrected chi connectivity index (χ3v) is 3.81. The van der Waals surface area contributed by atoms with E-state index in [4.69, 9.17) is 5.73 Å². The first-order valence-electron chi connectivity index (χ1n) is 6.03. The van der Waals surface area contributed by atoms with Crippen LogP contribution in [0.15, 0.2) is 30.5 Å². The lowest BCUT2D eigenvalue weighted by molar-refractivity contribution is 0.437. The van der Waals surface area contributed by atoms with E-state index >= 15 is 0 Å². The first-order chi connectivity index (χ1) is 8.68. The first-order valence-corrected chi connectivity index (χ1v) is 7.18. The second-order valence-electron chi connectivity index (χ2n) is 4.57. The highest BCUT2D eigenvalue weighted by Gasteiger charge is 2.05. The van der Waals surface area contributed by atoms with E-state index in [-0.39, 0.29) is 0 Å². The summed E-state index contributed by atoms with van der Waals surface area (Å²) in [7, 11) is 4.20. The van der Waals surface area contributed by atoms with Gasteiger partial charge < -0.3 is 10.6 Å². The molecule has 0 spiro atoms. The van der Waals surface area contributed by atoms with Crippen LogP contribution in [0.2, 0.25) is 0 Å². The Hall–Kier alpha value is -1.26. The van der Waals surface area contributed by atoms with E-state index < -0.39 is 0 Å². The zero-order valence-corrected chi connectivity index (χ0v) is 11.7. The predicted molar refractivity (Wildman–Crippen MR) is 80.9 cm³/mol. The average Bonchev–Trinajstić information content (AvgIpc) is 2.37. The molecule has 1 heterocycles. The number of anilines is 1. The number of hydrogen-bond acceptors (Lipinski definition) is 4. The zero-order valence-electron chi connectivity index (χ0n) is 10.9. The molecule has 0 aliphatic carbocycles. The van der Waals surface area contributed by atoms with Crippen molar-refractivity contribution in [2.75, 3.05) is 32.1 Å². The van der Waals surface area contributed by atoms with Crippen molar-refractivity contribution in [1.82, 2.24) is 9.88 Å². The molecule has 96 valence electrons. The van der Waals surface area contributed by atoms with E-state index in [1.807, 2.05) is 36.2 Å². The molecular formula is C14H19N3S. The van der Waals surface area contributed by atoms with Crippen LogP contribution in [0.25, 0.3) is 10.9 Å². The number of hydrogen-bond donors (Lipinski definition) is 1. The van der Waals surface area contributed by atoms with Gasteiger partial charge in [0.2, 0.25) is 0 Å². The number of nitrogens with two attached hydrogens (primary N) is 1. The van der Waals surface area contributed by atoms with Gasteiger partial charge in [-0.3, -0.25) is 4.98 Å². The topological polar surface area (TPSA) is 42.1 Å². The predicted octanol–water partition coefficient (Wildman–Crippen LogP) is 2.61. The summed E-state index contributed by atoms with van der Waals surface area (Å²) in [5.74, 6) is 2.12. The fourth-order valence-electron chi connectivity index (χ4n) is 1.80. The molecule has 0 aliphatic heterocycles. The second-order valence-corrected chi connectivity index (χ2v) is 5.67. The Bertz CT molecular complexity index is 525. The van der Waals surface area contributed by atoms with Gasteiger partial charge in [0.25, 0.3) is 0 Å². The Kier molecular flexibility index (Phi) is 4.44. The van der Waals surface area contributed by atoms with Crippen molar-refractivity contribution in [3.63, 3.8) is 0 Å². The fourth-order valence-corrected chi connectivity index (χ4v) is 2.89. The minimum Gasteiger partial charge on any atom is -0.398 e. The summed E-state index contributed by atoms with van der Waals surface area (Å²) in [4.78, 5) is 6.65. The average molecular weight is 261 g/mol. The van der Waals surface area contributed by atoms with Gasteiger partial charge in [0, 0.05) is 35.3 Å². The SMILES string of the molecule is CN(C)CCSCc1ccc(N)c2cccnc12. The van der Waals surface area contributed by atoms with E-state index in [1.165, 1.54) is 5.56 Å². The number of benzene rings is 1. The quantitative estimate of drug-likeness (QED) is 0.663. The zero-order chi connectivity index (χ0) is 13.0. The molecule has 0 radical (unpaired) electrons. The van der Waals surface area contributed by atoms with E-state index in [9.17, 15) is 0 Å². The van der Waals surface area contributed by atoms with Gasteiger partial charge in [-0.1, -0.05) is 6.07 Å². The van der Waals surface area contributed by atoms with Crippen molar-refractivity contribution in [2.45, 2.75) is 5.75 Å². The van der Waals surface area contributed by atoms with E-state index in [1.54, 1.807) is 0 Å². The number of thioether (sulfide) groups is 1. The molecule has 2 N–H and O–H groups in total. The van der Waals surface area contributed by atoms with Crippen LogP contribution in [-0.4, -0.2) is 36.3 Å². The van der Waals surface area contributed by atoms with Gasteiger partial charge >= 0.3 is 0 Å². The van der Waals surface area contributed by atoms with E-state index in [0.717, 1.165) is 34.6 Å². The third kappa shape index (κ3) is 3.15. The summed E-state index contributed by atoms with van der Waals surface area (Å²) in [6.45, 7) is 1.10. The fraction of sp³-hybridized carbons (Fsp3) is 0.357. The van der Waals surface area contributed by atoms with Crippen LogP contribution in [-0.2, 0) is 5.75 Å². The molecule has 1 aromatic heterocycles. The molecule has 0 amide bonds. The van der Waals surface area contributed by atoms with Gasteiger partial charge in [-0.15, -0.1) is 0 Å². The molecule has 0 saturated heterocycles. The Balaban J connectivity index is 2.11. The van der Waals surface area contributed by atoms with Gasteiger partial charge in [-0.05, 0) is 37.9 Å². The molecule has 0 fully saturated rings. The number of pyridine rings is 1. The Labute approximate surface area is 112 Å². The molecule has 0 saturated carbocycles. The standard InChI is InChI=1S/C14H19N3S/c1-17(2)8-9-18-10-11-5-6-13(15)12-4-3-7-16-14(11)12/h3-7H,8-10,15H2,1-2H3. The van der Waals surface area contributed by atoms with Crippen LogP contribution >= 0.6 is 11.8 Å². The second kappa shape index (κ2) is 6.07. The van der Waals surface area contributed by atoms with Crippen LogP contribution in [0.3, 0.4) is 0 Å². The maximum absolute atomic E-state index is 5.97. The highest BCUT2D eigenvalue weighted by molar-refractivity contribution is 7.98. The van der Waals surface area contributed by atoms with Crippen LogP contribution < -0.4 is 5.73 Å². The summed E-state index contributed by atoms with van der Waals surface area (Å²) >= 11 is 1.93. The molecule has 1 aromatic carbocycles. The largest absolute Gasteiger partial charge is 0.398 e. The highest BCUT2D eigenvalue weighted by atomic mass is 32.2. The van der Waals surface area contributed by atoms with Crippen molar-refractivity contribution in [1.29, 1.82) is 0 Å². The van der Waals surface area contributed by atoms with Crippen LogP contribution in [0.1, 0.15) is 5.56 Å². The van der Waals surface area contributed by atoms with Crippen molar-refractivity contribution in [3.05, 3.63) is 36.0 Å². The number of nitrogen functional groups attached to an aromatic ring is 1. The van der Waals surface area contributed by atoms with Crippen molar-refractivity contribution in [2.24, 2.45) is 0 Å². The van der Waals surface area contributed by atoms with E-state index in [0.29, 0.717) is 0 Å². The molecule has 0 aliphatic rings. The third-order valence-electron chi connectivity index (χ3n) is 2.83. The maximum Gasteiger partial charge on any atom is 0.0763 e. The van der Waals surface area contributed by atoms with Crippen LogP contribution in [0.5, 0.6) is 0 Å². The normalized spacial score (nSPS) is 11.3. The molecule has 3 nitrogen and oxygen atoms in total. The number of fused-ring (bicyclic) bond motifs is 1. The number of aromatic nitrogens is 1. The van der Waals surface area contributed by atoms with E-state index in [2.05, 4.69) is 30.0 Å². The lowest BCUT2D eigenvalue weighted by Crippen LogP contribution is -2.14. The van der Waals surface area contributed by atoms with Gasteiger partial charge in [0.15, 0.2) is 0 Å². The molecule has 18 heavy (non-hydrogen) atoms. The first kappa shape index (κ1) is 13.2. The van der Waals surface area contributed by atoms with Crippen molar-refractivity contribution >= 4 is 28.4 Å². The summed E-state index contributed by atoms with van der Waals surface area (Å²) in [6.07, 6.45) is 1.83. The van der Waals surface area contributed by atoms with Crippen LogP contribution in [0, 0.1) is 0 Å². The summed E-state index contributed by atoms with van der Waals surface area (Å²) < 4.78 is 0. The smallest absolute Gasteiger partial charge is 0.0763 e. The summed E-state index contributed by atoms with van der Waals surface area (Å²) in [6, 6.07) is 8.03. The highest BCUT2D eigenvalue weighted by Crippen LogP contribution is 2.25. The molecule has 2 aromatic rings. The lowest BCUT2D eigenvalue weighted by atomic mass is 10.1. The molecule has 0 bridgehead atoms. The summed E-state index contributed by atoms with van der Waals surface area (Å²) in [5, 5.41) is 1.06. The molecule has 0 atom stereocenters. The molecule has 2 rings (SSSR count). The minimum absolute atomic E-state index is 0.806. The monoisotopic (exact) mass is 261 g/mol.